The summed E-state index contributed by atoms with van der Waals surface area (Å²) in [6, 6.07) is 12.5. The van der Waals surface area contributed by atoms with Crippen molar-refractivity contribution in [3.8, 4) is 5.75 Å². The molecule has 0 saturated carbocycles. The summed E-state index contributed by atoms with van der Waals surface area (Å²) < 4.78 is 5.36. The number of para-hydroxylation sites is 1. The SMILES string of the molecule is COc1ccccc1CC(Cc1cccs1)NN. The molecule has 96 valence electrons. The summed E-state index contributed by atoms with van der Waals surface area (Å²) >= 11 is 1.76. The molecule has 3 N–H and O–H groups in total. The zero-order valence-corrected chi connectivity index (χ0v) is 11.2. The van der Waals surface area contributed by atoms with Crippen LogP contribution >= 0.6 is 11.3 Å². The lowest BCUT2D eigenvalue weighted by Gasteiger charge is -2.16. The van der Waals surface area contributed by atoms with Crippen molar-refractivity contribution in [2.45, 2.75) is 18.9 Å². The second kappa shape index (κ2) is 6.54. The van der Waals surface area contributed by atoms with Crippen molar-refractivity contribution in [1.82, 2.24) is 5.43 Å². The first-order valence-electron chi connectivity index (χ1n) is 5.94. The van der Waals surface area contributed by atoms with Crippen molar-refractivity contribution in [3.05, 3.63) is 52.2 Å². The Morgan fingerprint density at radius 3 is 2.72 bits per heavy atom. The van der Waals surface area contributed by atoms with Gasteiger partial charge >= 0.3 is 0 Å². The van der Waals surface area contributed by atoms with Crippen molar-refractivity contribution < 1.29 is 4.74 Å². The van der Waals surface area contributed by atoms with Gasteiger partial charge in [0.15, 0.2) is 0 Å². The standard InChI is InChI=1S/C14H18N2OS/c1-17-14-7-3-2-5-11(14)9-12(16-15)10-13-6-4-8-18-13/h2-8,12,16H,9-10,15H2,1H3. The molecule has 0 aliphatic rings. The topological polar surface area (TPSA) is 47.3 Å². The summed E-state index contributed by atoms with van der Waals surface area (Å²) in [5.74, 6) is 6.56. The first kappa shape index (κ1) is 13.1. The molecule has 0 amide bonds. The predicted molar refractivity (Wildman–Crippen MR) is 75.8 cm³/mol. The van der Waals surface area contributed by atoms with Gasteiger partial charge in [0.25, 0.3) is 0 Å². The van der Waals surface area contributed by atoms with Gasteiger partial charge in [-0.25, -0.2) is 0 Å². The second-order valence-electron chi connectivity index (χ2n) is 4.16. The van der Waals surface area contributed by atoms with E-state index in [0.29, 0.717) is 0 Å². The number of hydrogen-bond donors (Lipinski definition) is 2. The number of benzene rings is 1. The third-order valence-corrected chi connectivity index (χ3v) is 3.82. The van der Waals surface area contributed by atoms with E-state index in [2.05, 4.69) is 29.0 Å². The van der Waals surface area contributed by atoms with Crippen molar-refractivity contribution in [2.75, 3.05) is 7.11 Å². The fourth-order valence-electron chi connectivity index (χ4n) is 2.00. The molecule has 0 fully saturated rings. The number of ether oxygens (including phenoxy) is 1. The van der Waals surface area contributed by atoms with E-state index in [4.69, 9.17) is 10.6 Å². The summed E-state index contributed by atoms with van der Waals surface area (Å²) in [4.78, 5) is 1.34. The van der Waals surface area contributed by atoms with E-state index in [9.17, 15) is 0 Å². The monoisotopic (exact) mass is 262 g/mol. The van der Waals surface area contributed by atoms with E-state index in [1.807, 2.05) is 18.2 Å². The first-order valence-corrected chi connectivity index (χ1v) is 6.82. The van der Waals surface area contributed by atoms with Gasteiger partial charge in [0.1, 0.15) is 5.75 Å². The van der Waals surface area contributed by atoms with Crippen molar-refractivity contribution in [2.24, 2.45) is 5.84 Å². The van der Waals surface area contributed by atoms with Crippen LogP contribution in [0.5, 0.6) is 5.75 Å². The molecule has 18 heavy (non-hydrogen) atoms. The highest BCUT2D eigenvalue weighted by molar-refractivity contribution is 7.09. The van der Waals surface area contributed by atoms with E-state index in [1.165, 1.54) is 10.4 Å². The molecule has 0 radical (unpaired) electrons. The second-order valence-corrected chi connectivity index (χ2v) is 5.20. The first-order chi connectivity index (χ1) is 8.83. The highest BCUT2D eigenvalue weighted by Crippen LogP contribution is 2.20. The molecule has 3 nitrogen and oxygen atoms in total. The molecule has 0 bridgehead atoms. The van der Waals surface area contributed by atoms with Crippen LogP contribution in [0.4, 0.5) is 0 Å². The number of nitrogens with two attached hydrogens (primary N) is 1. The minimum Gasteiger partial charge on any atom is -0.496 e. The molecule has 2 rings (SSSR count). The predicted octanol–water partition coefficient (Wildman–Crippen LogP) is 2.37. The van der Waals surface area contributed by atoms with Crippen LogP contribution in [-0.4, -0.2) is 13.2 Å². The fraction of sp³-hybridized carbons (Fsp3) is 0.286. The van der Waals surface area contributed by atoms with Crippen molar-refractivity contribution in [1.29, 1.82) is 0 Å². The maximum atomic E-state index is 5.64. The molecule has 0 spiro atoms. The van der Waals surface area contributed by atoms with Gasteiger partial charge in [-0.15, -0.1) is 11.3 Å². The Labute approximate surface area is 112 Å². The number of hydrazine groups is 1. The maximum absolute atomic E-state index is 5.64. The fourth-order valence-corrected chi connectivity index (χ4v) is 2.79. The molecule has 0 aliphatic carbocycles. The van der Waals surface area contributed by atoms with Gasteiger partial charge in [0.05, 0.1) is 7.11 Å². The van der Waals surface area contributed by atoms with Gasteiger partial charge in [-0.05, 0) is 35.9 Å². The van der Waals surface area contributed by atoms with Crippen LogP contribution in [-0.2, 0) is 12.8 Å². The van der Waals surface area contributed by atoms with E-state index < -0.39 is 0 Å². The molecule has 0 saturated heterocycles. The number of rotatable bonds is 6. The summed E-state index contributed by atoms with van der Waals surface area (Å²) in [7, 11) is 1.70. The molecule has 4 heteroatoms. The van der Waals surface area contributed by atoms with Crippen LogP contribution in [0.3, 0.4) is 0 Å². The largest absolute Gasteiger partial charge is 0.496 e. The molecule has 0 aliphatic heterocycles. The van der Waals surface area contributed by atoms with Gasteiger partial charge in [-0.3, -0.25) is 11.3 Å². The molecule has 1 aromatic carbocycles. The summed E-state index contributed by atoms with van der Waals surface area (Å²) in [6.45, 7) is 0. The van der Waals surface area contributed by atoms with Gasteiger partial charge < -0.3 is 4.74 Å². The quantitative estimate of drug-likeness (QED) is 0.620. The van der Waals surface area contributed by atoms with Crippen LogP contribution < -0.4 is 16.0 Å². The van der Waals surface area contributed by atoms with E-state index in [1.54, 1.807) is 18.4 Å². The zero-order valence-electron chi connectivity index (χ0n) is 10.4. The Morgan fingerprint density at radius 1 is 1.22 bits per heavy atom. The van der Waals surface area contributed by atoms with Crippen molar-refractivity contribution >= 4 is 11.3 Å². The average molecular weight is 262 g/mol. The number of nitrogens with one attached hydrogen (secondary N) is 1. The lowest BCUT2D eigenvalue weighted by atomic mass is 10.0. The third kappa shape index (κ3) is 3.32. The van der Waals surface area contributed by atoms with Crippen LogP contribution in [0.2, 0.25) is 0 Å². The molecular weight excluding hydrogens is 244 g/mol. The van der Waals surface area contributed by atoms with Gasteiger partial charge in [-0.1, -0.05) is 24.3 Å². The average Bonchev–Trinajstić information content (AvgIpc) is 2.91. The normalized spacial score (nSPS) is 12.3. The number of methoxy groups -OCH3 is 1. The minimum absolute atomic E-state index is 0.222. The Balaban J connectivity index is 2.05. The lowest BCUT2D eigenvalue weighted by molar-refractivity contribution is 0.405. The molecule has 1 unspecified atom stereocenters. The van der Waals surface area contributed by atoms with Crippen LogP contribution in [0.1, 0.15) is 10.4 Å². The Bertz CT molecular complexity index is 470. The highest BCUT2D eigenvalue weighted by atomic mass is 32.1. The maximum Gasteiger partial charge on any atom is 0.122 e. The number of thiophene rings is 1. The smallest absolute Gasteiger partial charge is 0.122 e. The Kier molecular flexibility index (Phi) is 4.75. The summed E-state index contributed by atoms with van der Waals surface area (Å²) in [5, 5.41) is 2.09. The van der Waals surface area contributed by atoms with Crippen molar-refractivity contribution in [3.63, 3.8) is 0 Å². The minimum atomic E-state index is 0.222. The molecule has 2 aromatic rings. The molecule has 1 atom stereocenters. The van der Waals surface area contributed by atoms with E-state index in [-0.39, 0.29) is 6.04 Å². The van der Waals surface area contributed by atoms with Crippen LogP contribution in [0, 0.1) is 0 Å². The van der Waals surface area contributed by atoms with Crippen LogP contribution in [0.25, 0.3) is 0 Å². The number of hydrogen-bond acceptors (Lipinski definition) is 4. The third-order valence-electron chi connectivity index (χ3n) is 2.92. The lowest BCUT2D eigenvalue weighted by Crippen LogP contribution is -2.38. The molecule has 1 aromatic heterocycles. The summed E-state index contributed by atoms with van der Waals surface area (Å²) in [5.41, 5.74) is 4.07. The van der Waals surface area contributed by atoms with E-state index >= 15 is 0 Å². The zero-order chi connectivity index (χ0) is 12.8. The molecular formula is C14H18N2OS. The molecule has 1 heterocycles. The van der Waals surface area contributed by atoms with Gasteiger partial charge in [0.2, 0.25) is 0 Å². The van der Waals surface area contributed by atoms with Gasteiger partial charge in [0, 0.05) is 10.9 Å². The summed E-state index contributed by atoms with van der Waals surface area (Å²) in [6.07, 6.45) is 1.80. The van der Waals surface area contributed by atoms with E-state index in [0.717, 1.165) is 18.6 Å². The Hall–Kier alpha value is -1.36. The highest BCUT2D eigenvalue weighted by Gasteiger charge is 2.12. The van der Waals surface area contributed by atoms with Gasteiger partial charge in [-0.2, -0.15) is 0 Å². The Morgan fingerprint density at radius 2 is 2.06 bits per heavy atom. The van der Waals surface area contributed by atoms with Crippen LogP contribution in [0.15, 0.2) is 41.8 Å².